The smallest absolute Gasteiger partial charge is 0.306 e. The van der Waals surface area contributed by atoms with E-state index in [1.165, 1.54) is 12.3 Å². The molecule has 200 valence electrons. The van der Waals surface area contributed by atoms with Gasteiger partial charge in [0.15, 0.2) is 12.0 Å². The monoisotopic (exact) mass is 505 g/mol. The van der Waals surface area contributed by atoms with Crippen molar-refractivity contribution in [3.63, 3.8) is 0 Å². The fraction of sp³-hybridized carbons (Fsp3) is 0.750. The van der Waals surface area contributed by atoms with Crippen molar-refractivity contribution in [3.8, 4) is 0 Å². The van der Waals surface area contributed by atoms with E-state index in [1.807, 2.05) is 13.8 Å². The fourth-order valence-electron chi connectivity index (χ4n) is 5.43. The van der Waals surface area contributed by atoms with Crippen LogP contribution in [0.1, 0.15) is 97.1 Å². The summed E-state index contributed by atoms with van der Waals surface area (Å²) in [5, 5.41) is 0. The van der Waals surface area contributed by atoms with Crippen LogP contribution < -0.4 is 0 Å². The van der Waals surface area contributed by atoms with Crippen molar-refractivity contribution in [2.75, 3.05) is 6.61 Å². The summed E-state index contributed by atoms with van der Waals surface area (Å²) in [5.41, 5.74) is -1.38. The van der Waals surface area contributed by atoms with Gasteiger partial charge >= 0.3 is 5.97 Å². The second-order valence-electron chi connectivity index (χ2n) is 11.8. The van der Waals surface area contributed by atoms with Gasteiger partial charge in [-0.15, -0.1) is 0 Å². The molecule has 3 aliphatic heterocycles. The van der Waals surface area contributed by atoms with Gasteiger partial charge in [0.25, 0.3) is 0 Å². The number of epoxide rings is 2. The van der Waals surface area contributed by atoms with Gasteiger partial charge in [-0.3, -0.25) is 9.59 Å². The number of carbonyl (C=O) groups excluding carboxylic acids is 2. The highest BCUT2D eigenvalue weighted by Crippen LogP contribution is 2.58. The molecule has 1 aromatic heterocycles. The summed E-state index contributed by atoms with van der Waals surface area (Å²) in [6, 6.07) is 0. The Morgan fingerprint density at radius 1 is 1.19 bits per heavy atom. The molecule has 1 aromatic rings. The molecule has 5 atom stereocenters. The van der Waals surface area contributed by atoms with Crippen molar-refractivity contribution in [1.29, 1.82) is 0 Å². The van der Waals surface area contributed by atoms with Crippen molar-refractivity contribution < 1.29 is 32.6 Å². The summed E-state index contributed by atoms with van der Waals surface area (Å²) < 4.78 is 38.4. The molecular formula is C28H40FNO6. The lowest BCUT2D eigenvalue weighted by atomic mass is 9.79. The first-order chi connectivity index (χ1) is 16.9. The van der Waals surface area contributed by atoms with Crippen molar-refractivity contribution >= 4 is 17.8 Å². The molecule has 0 radical (unpaired) electrons. The number of halogens is 1. The Kier molecular flexibility index (Phi) is 7.77. The molecule has 0 N–H and O–H groups in total. The maximum atomic E-state index is 15.6. The van der Waals surface area contributed by atoms with Crippen LogP contribution in [0, 0.1) is 18.3 Å². The number of hydrogen-bond acceptors (Lipinski definition) is 7. The quantitative estimate of drug-likeness (QED) is 0.372. The predicted molar refractivity (Wildman–Crippen MR) is 132 cm³/mol. The van der Waals surface area contributed by atoms with Crippen LogP contribution in [0.15, 0.2) is 16.5 Å². The predicted octanol–water partition coefficient (Wildman–Crippen LogP) is 5.89. The lowest BCUT2D eigenvalue weighted by Crippen LogP contribution is -2.33. The molecule has 3 fully saturated rings. The molecular weight excluding hydrogens is 465 g/mol. The third-order valence-corrected chi connectivity index (χ3v) is 8.25. The third-order valence-electron chi connectivity index (χ3n) is 8.25. The number of ketones is 1. The van der Waals surface area contributed by atoms with Gasteiger partial charge in [0.2, 0.25) is 0 Å². The van der Waals surface area contributed by atoms with E-state index < -0.39 is 34.5 Å². The molecule has 0 saturated carbocycles. The zero-order valence-electron chi connectivity index (χ0n) is 22.2. The van der Waals surface area contributed by atoms with Crippen LogP contribution >= 0.6 is 0 Å². The van der Waals surface area contributed by atoms with Crippen molar-refractivity contribution in [2.45, 2.75) is 116 Å². The Morgan fingerprint density at radius 2 is 1.94 bits per heavy atom. The lowest BCUT2D eigenvalue weighted by molar-refractivity contribution is -0.149. The molecule has 4 heterocycles. The topological polar surface area (TPSA) is 94.5 Å². The van der Waals surface area contributed by atoms with E-state index in [9.17, 15) is 9.59 Å². The van der Waals surface area contributed by atoms with E-state index in [0.29, 0.717) is 43.4 Å². The van der Waals surface area contributed by atoms with Crippen LogP contribution in [0.5, 0.6) is 0 Å². The van der Waals surface area contributed by atoms with Crippen molar-refractivity contribution in [1.82, 2.24) is 4.98 Å². The van der Waals surface area contributed by atoms with Gasteiger partial charge in [0.05, 0.1) is 18.3 Å². The number of hydrogen-bond donors (Lipinski definition) is 0. The third kappa shape index (κ3) is 6.43. The number of cyclic esters (lactones) is 1. The Labute approximate surface area is 213 Å². The summed E-state index contributed by atoms with van der Waals surface area (Å²) in [6.07, 6.45) is 6.93. The number of rotatable bonds is 4. The first kappa shape index (κ1) is 27.0. The summed E-state index contributed by atoms with van der Waals surface area (Å²) in [6.45, 7) is 10.3. The number of aryl methyl sites for hydroxylation is 1. The highest BCUT2D eigenvalue weighted by molar-refractivity contribution is 5.84. The highest BCUT2D eigenvalue weighted by Gasteiger charge is 2.68. The number of ether oxygens (including phenoxy) is 3. The van der Waals surface area contributed by atoms with Gasteiger partial charge in [-0.1, -0.05) is 33.6 Å². The minimum absolute atomic E-state index is 0.0397. The average molecular weight is 506 g/mol. The first-order valence-corrected chi connectivity index (χ1v) is 13.3. The zero-order valence-corrected chi connectivity index (χ0v) is 22.2. The minimum Gasteiger partial charge on any atom is -0.455 e. The van der Waals surface area contributed by atoms with Gasteiger partial charge in [-0.2, -0.15) is 0 Å². The minimum atomic E-state index is -1.12. The summed E-state index contributed by atoms with van der Waals surface area (Å²) in [4.78, 5) is 29.9. The highest BCUT2D eigenvalue weighted by atomic mass is 19.1. The standard InChI is InChI=1S/C28H40FNO6/c1-18-7-6-11-27(5)28(36-27,14-21-17-34-21)15-23(22(29)13-20-16-33-19(2)30-20)35-25(32)10-12-26(3,4)24(31)9-8-18/h13,16,18,21,23H,6-12,14-15,17H2,1-5H3. The van der Waals surface area contributed by atoms with E-state index in [2.05, 4.69) is 18.8 Å². The molecule has 5 unspecified atom stereocenters. The zero-order chi connectivity index (χ0) is 26.1. The SMILES string of the molecule is Cc1nc(C=C(F)C2CC3(CC4CO4)OC3(C)CCCC(C)CCC(=O)C(C)(C)CCC(=O)O2)co1. The van der Waals surface area contributed by atoms with Gasteiger partial charge in [0, 0.05) is 44.1 Å². The molecule has 0 spiro atoms. The van der Waals surface area contributed by atoms with Crippen molar-refractivity contribution in [2.24, 2.45) is 11.3 Å². The van der Waals surface area contributed by atoms with Crippen LogP contribution in [-0.4, -0.2) is 46.8 Å². The molecule has 0 bridgehead atoms. The van der Waals surface area contributed by atoms with E-state index >= 15 is 4.39 Å². The number of carbonyl (C=O) groups is 2. The summed E-state index contributed by atoms with van der Waals surface area (Å²) in [5.74, 6) is -0.132. The van der Waals surface area contributed by atoms with Crippen molar-refractivity contribution in [3.05, 3.63) is 23.7 Å². The molecule has 36 heavy (non-hydrogen) atoms. The van der Waals surface area contributed by atoms with E-state index in [0.717, 1.165) is 25.7 Å². The molecule has 0 amide bonds. The van der Waals surface area contributed by atoms with E-state index in [4.69, 9.17) is 18.6 Å². The van der Waals surface area contributed by atoms with Crippen LogP contribution in [-0.2, 0) is 23.8 Å². The number of oxazole rings is 1. The molecule has 4 rings (SSSR count). The molecule has 3 aliphatic rings. The van der Waals surface area contributed by atoms with Gasteiger partial charge in [0.1, 0.15) is 29.2 Å². The van der Waals surface area contributed by atoms with E-state index in [1.54, 1.807) is 6.92 Å². The van der Waals surface area contributed by atoms with Gasteiger partial charge < -0.3 is 18.6 Å². The largest absolute Gasteiger partial charge is 0.455 e. The average Bonchev–Trinajstić information content (AvgIpc) is 3.67. The number of Topliss-reactive ketones (excluding diaryl/α,β-unsaturated/α-hetero) is 1. The molecule has 8 heteroatoms. The molecule has 7 nitrogen and oxygen atoms in total. The van der Waals surface area contributed by atoms with Crippen LogP contribution in [0.2, 0.25) is 0 Å². The van der Waals surface area contributed by atoms with Crippen LogP contribution in [0.4, 0.5) is 4.39 Å². The number of nitrogens with zero attached hydrogens (tertiary/aromatic N) is 1. The number of aromatic nitrogens is 1. The maximum absolute atomic E-state index is 15.6. The normalized spacial score (nSPS) is 36.2. The fourth-order valence-corrected chi connectivity index (χ4v) is 5.43. The molecule has 0 aromatic carbocycles. The Morgan fingerprint density at radius 3 is 2.61 bits per heavy atom. The lowest BCUT2D eigenvalue weighted by Gasteiger charge is -2.26. The van der Waals surface area contributed by atoms with Gasteiger partial charge in [-0.05, 0) is 32.1 Å². The Bertz CT molecular complexity index is 998. The van der Waals surface area contributed by atoms with Crippen LogP contribution in [0.3, 0.4) is 0 Å². The number of esters is 1. The van der Waals surface area contributed by atoms with Crippen LogP contribution in [0.25, 0.3) is 6.08 Å². The summed E-state index contributed by atoms with van der Waals surface area (Å²) in [7, 11) is 0. The Balaban J connectivity index is 1.59. The second-order valence-corrected chi connectivity index (χ2v) is 11.8. The first-order valence-electron chi connectivity index (χ1n) is 13.3. The van der Waals surface area contributed by atoms with E-state index in [-0.39, 0.29) is 24.7 Å². The Hall–Kier alpha value is -2.06. The molecule has 0 aliphatic carbocycles. The van der Waals surface area contributed by atoms with Gasteiger partial charge in [-0.25, -0.2) is 9.37 Å². The second kappa shape index (κ2) is 10.4. The number of fused-ring (bicyclic) bond motifs is 1. The molecule has 3 saturated heterocycles. The maximum Gasteiger partial charge on any atom is 0.306 e. The summed E-state index contributed by atoms with van der Waals surface area (Å²) >= 11 is 0.